The maximum absolute atomic E-state index is 9.60. The third-order valence-electron chi connectivity index (χ3n) is 10.7. The topological polar surface area (TPSA) is 75.6 Å². The number of fused-ring (bicyclic) bond motifs is 4. The molecule has 9 rings (SSSR count). The monoisotopic (exact) mass is 714 g/mol. The van der Waals surface area contributed by atoms with Crippen molar-refractivity contribution in [1.82, 2.24) is 15.0 Å². The van der Waals surface area contributed by atoms with Crippen molar-refractivity contribution in [3.63, 3.8) is 0 Å². The smallest absolute Gasteiger partial charge is 0.164 e. The second-order valence-electron chi connectivity index (χ2n) is 15.7. The van der Waals surface area contributed by atoms with Crippen molar-refractivity contribution in [2.75, 3.05) is 0 Å². The molecule has 5 nitrogen and oxygen atoms in total. The van der Waals surface area contributed by atoms with Crippen LogP contribution < -0.4 is 5.38 Å². The molecule has 0 saturated carbocycles. The van der Waals surface area contributed by atoms with Gasteiger partial charge in [0.05, 0.1) is 17.0 Å². The molecule has 0 radical (unpaired) electrons. The van der Waals surface area contributed by atoms with E-state index in [1.807, 2.05) is 30.3 Å². The molecular weight excluding hydrogens is 677 g/mol. The number of benzene rings is 6. The zero-order valence-electron chi connectivity index (χ0n) is 31.0. The van der Waals surface area contributed by atoms with Gasteiger partial charge in [-0.05, 0) is 80.9 Å². The van der Waals surface area contributed by atoms with Gasteiger partial charge in [-0.2, -0.15) is 5.26 Å². The first-order valence-corrected chi connectivity index (χ1v) is 21.8. The molecule has 0 unspecified atom stereocenters. The number of rotatable bonds is 6. The lowest BCUT2D eigenvalue weighted by atomic mass is 9.81. The molecule has 1 aliphatic rings. The molecule has 2 heterocycles. The molecule has 0 N–H and O–H groups in total. The predicted molar refractivity (Wildman–Crippen MR) is 222 cm³/mol. The van der Waals surface area contributed by atoms with Gasteiger partial charge in [0.2, 0.25) is 0 Å². The van der Waals surface area contributed by atoms with E-state index >= 15 is 0 Å². The molecule has 54 heavy (non-hydrogen) atoms. The van der Waals surface area contributed by atoms with E-state index in [0.29, 0.717) is 23.0 Å². The Morgan fingerprint density at radius 3 is 1.83 bits per heavy atom. The highest BCUT2D eigenvalue weighted by atomic mass is 28.3. The van der Waals surface area contributed by atoms with Crippen LogP contribution >= 0.6 is 0 Å². The summed E-state index contributed by atoms with van der Waals surface area (Å²) in [4.78, 5) is 15.4. The molecule has 1 aliphatic carbocycles. The maximum Gasteiger partial charge on any atom is 0.164 e. The van der Waals surface area contributed by atoms with E-state index < -0.39 is 8.07 Å². The number of hydrogen-bond donors (Lipinski definition) is 0. The highest BCUT2D eigenvalue weighted by Crippen LogP contribution is 2.50. The fraction of sp³-hybridized carbons (Fsp3) is 0.125. The normalized spacial score (nSPS) is 13.0. The number of nitriles is 1. The molecule has 0 spiro atoms. The van der Waals surface area contributed by atoms with Gasteiger partial charge >= 0.3 is 0 Å². The van der Waals surface area contributed by atoms with Gasteiger partial charge in [-0.15, -0.1) is 0 Å². The Bertz CT molecular complexity index is 2790. The van der Waals surface area contributed by atoms with Gasteiger partial charge in [-0.3, -0.25) is 0 Å². The first kappa shape index (κ1) is 33.4. The van der Waals surface area contributed by atoms with Crippen molar-refractivity contribution >= 4 is 24.4 Å². The fourth-order valence-electron chi connectivity index (χ4n) is 7.65. The Morgan fingerprint density at radius 1 is 0.519 bits per heavy atom. The second-order valence-corrected chi connectivity index (χ2v) is 20.7. The van der Waals surface area contributed by atoms with Crippen LogP contribution in [-0.4, -0.2) is 23.0 Å². The van der Waals surface area contributed by atoms with Crippen LogP contribution in [0.5, 0.6) is 0 Å². The summed E-state index contributed by atoms with van der Waals surface area (Å²) in [5, 5.41) is 11.7. The molecule has 0 saturated heterocycles. The zero-order chi connectivity index (χ0) is 37.2. The molecule has 6 heteroatoms. The number of nitrogens with zero attached hydrogens (tertiary/aromatic N) is 4. The van der Waals surface area contributed by atoms with Crippen molar-refractivity contribution in [2.24, 2.45) is 0 Å². The zero-order valence-corrected chi connectivity index (χ0v) is 32.0. The summed E-state index contributed by atoms with van der Waals surface area (Å²) in [7, 11) is -1.71. The summed E-state index contributed by atoms with van der Waals surface area (Å²) in [5.41, 5.74) is 13.4. The molecule has 0 aliphatic heterocycles. The minimum atomic E-state index is -1.71. The van der Waals surface area contributed by atoms with E-state index in [1.165, 1.54) is 22.3 Å². The van der Waals surface area contributed by atoms with Gasteiger partial charge in [0.15, 0.2) is 17.5 Å². The average molecular weight is 715 g/mol. The van der Waals surface area contributed by atoms with E-state index in [0.717, 1.165) is 55.3 Å². The summed E-state index contributed by atoms with van der Waals surface area (Å²) >= 11 is 0. The Hall–Kier alpha value is -6.42. The number of hydrogen-bond acceptors (Lipinski definition) is 5. The lowest BCUT2D eigenvalue weighted by Crippen LogP contribution is -2.36. The molecule has 260 valence electrons. The summed E-state index contributed by atoms with van der Waals surface area (Å²) in [6.07, 6.45) is 0. The van der Waals surface area contributed by atoms with Crippen LogP contribution in [0.1, 0.15) is 30.5 Å². The van der Waals surface area contributed by atoms with Gasteiger partial charge in [-0.25, -0.2) is 15.0 Å². The summed E-state index contributed by atoms with van der Waals surface area (Å²) < 4.78 is 6.40. The maximum atomic E-state index is 9.60. The molecule has 0 fully saturated rings. The molecular formula is C48H38N4OSi. The largest absolute Gasteiger partial charge is 0.466 e. The predicted octanol–water partition coefficient (Wildman–Crippen LogP) is 11.7. The second kappa shape index (κ2) is 12.6. The van der Waals surface area contributed by atoms with E-state index in [-0.39, 0.29) is 5.41 Å². The minimum absolute atomic E-state index is 0.233. The SMILES string of the molecule is CC1(C)c2cc(C#N)ccc2-c2ccc(-c3cccc(-c4nc(-c5ccc(-c6ccccc6)cc5)nc(-c5cccc6oc([Si](C)(C)C)cc56)n4)c3)cc21. The van der Waals surface area contributed by atoms with Crippen molar-refractivity contribution in [3.05, 3.63) is 156 Å². The van der Waals surface area contributed by atoms with Crippen LogP contribution in [0, 0.1) is 11.3 Å². The van der Waals surface area contributed by atoms with Crippen LogP contribution in [0.4, 0.5) is 0 Å². The summed E-state index contributed by atoms with van der Waals surface area (Å²) in [6.45, 7) is 11.4. The Balaban J connectivity index is 1.16. The average Bonchev–Trinajstić information content (AvgIpc) is 3.75. The van der Waals surface area contributed by atoms with Crippen molar-refractivity contribution < 1.29 is 4.42 Å². The van der Waals surface area contributed by atoms with E-state index in [9.17, 15) is 5.26 Å². The van der Waals surface area contributed by atoms with Gasteiger partial charge in [0.25, 0.3) is 0 Å². The third-order valence-corrected chi connectivity index (χ3v) is 12.4. The number of furan rings is 1. The molecule has 6 aromatic carbocycles. The molecule has 2 aromatic heterocycles. The Labute approximate surface area is 316 Å². The first-order chi connectivity index (χ1) is 26.1. The molecule has 0 amide bonds. The minimum Gasteiger partial charge on any atom is -0.466 e. The standard InChI is InChI=1S/C48H38N4OSi/c1-48(2)41-25-30(29-49)17-23-37(41)38-24-22-35(27-42(38)48)34-13-9-14-36(26-34)46-50-45(33-20-18-32(19-21-33)31-11-7-6-8-12-31)51-47(52-46)39-15-10-16-43-40(39)28-44(53-43)54(3,4)5/h6-28H,1-5H3. The van der Waals surface area contributed by atoms with Gasteiger partial charge in [-0.1, -0.05) is 137 Å². The van der Waals surface area contributed by atoms with E-state index in [2.05, 4.69) is 149 Å². The van der Waals surface area contributed by atoms with Crippen molar-refractivity contribution in [2.45, 2.75) is 38.9 Å². The van der Waals surface area contributed by atoms with E-state index in [1.54, 1.807) is 0 Å². The number of aromatic nitrogens is 3. The van der Waals surface area contributed by atoms with Gasteiger partial charge in [0.1, 0.15) is 13.7 Å². The highest BCUT2D eigenvalue weighted by Gasteiger charge is 2.36. The molecule has 0 atom stereocenters. The van der Waals surface area contributed by atoms with Crippen molar-refractivity contribution in [3.8, 4) is 73.6 Å². The summed E-state index contributed by atoms with van der Waals surface area (Å²) in [6, 6.07) is 50.6. The van der Waals surface area contributed by atoms with Crippen molar-refractivity contribution in [1.29, 1.82) is 5.26 Å². The fourth-order valence-corrected chi connectivity index (χ4v) is 8.64. The van der Waals surface area contributed by atoms with Crippen LogP contribution in [-0.2, 0) is 5.41 Å². The van der Waals surface area contributed by atoms with Crippen LogP contribution in [0.25, 0.3) is 78.5 Å². The Kier molecular flexibility index (Phi) is 7.81. The quantitative estimate of drug-likeness (QED) is 0.160. The van der Waals surface area contributed by atoms with E-state index in [4.69, 9.17) is 19.4 Å². The lowest BCUT2D eigenvalue weighted by molar-refractivity contribution is 0.648. The lowest BCUT2D eigenvalue weighted by Gasteiger charge is -2.22. The van der Waals surface area contributed by atoms with Crippen LogP contribution in [0.3, 0.4) is 0 Å². The van der Waals surface area contributed by atoms with Crippen LogP contribution in [0.15, 0.2) is 144 Å². The Morgan fingerprint density at radius 2 is 1.09 bits per heavy atom. The van der Waals surface area contributed by atoms with Crippen LogP contribution in [0.2, 0.25) is 19.6 Å². The molecule has 0 bridgehead atoms. The van der Waals surface area contributed by atoms with Gasteiger partial charge < -0.3 is 4.42 Å². The highest BCUT2D eigenvalue weighted by molar-refractivity contribution is 6.87. The summed E-state index contributed by atoms with van der Waals surface area (Å²) in [5.74, 6) is 1.82. The third kappa shape index (κ3) is 5.74. The van der Waals surface area contributed by atoms with Gasteiger partial charge in [0, 0.05) is 27.5 Å². The molecule has 8 aromatic rings. The first-order valence-electron chi connectivity index (χ1n) is 18.3.